The van der Waals surface area contributed by atoms with E-state index in [0.29, 0.717) is 0 Å². The number of aromatic nitrogens is 3. The Hall–Kier alpha value is -2.82. The summed E-state index contributed by atoms with van der Waals surface area (Å²) in [5.41, 5.74) is 3.26. The van der Waals surface area contributed by atoms with Crippen LogP contribution in [0.3, 0.4) is 0 Å². The minimum absolute atomic E-state index is 0.321. The number of aryl methyl sites for hydroxylation is 1. The number of nitrogens with one attached hydrogen (secondary N) is 3. The van der Waals surface area contributed by atoms with Crippen LogP contribution in [0.1, 0.15) is 118 Å². The second-order valence-corrected chi connectivity index (χ2v) is 17.1. The van der Waals surface area contributed by atoms with Gasteiger partial charge in [-0.1, -0.05) is 30.6 Å². The number of anilines is 3. The summed E-state index contributed by atoms with van der Waals surface area (Å²) in [6.45, 7) is 1.96. The molecule has 3 aromatic rings. The molecule has 0 aromatic carbocycles. The van der Waals surface area contributed by atoms with E-state index in [9.17, 15) is 14.4 Å². The fourth-order valence-corrected chi connectivity index (χ4v) is 10.7. The van der Waals surface area contributed by atoms with Crippen LogP contribution in [0.15, 0.2) is 9.43 Å². The topological polar surface area (TPSA) is 154 Å². The summed E-state index contributed by atoms with van der Waals surface area (Å²) in [5, 5.41) is 11.7. The number of carbonyl (C=O) groups excluding carboxylic acids is 3. The van der Waals surface area contributed by atoms with E-state index in [4.69, 9.17) is 14.2 Å². The zero-order chi connectivity index (χ0) is 32.6. The molecule has 3 aliphatic carbocycles. The van der Waals surface area contributed by atoms with E-state index in [0.717, 1.165) is 118 Å². The molecule has 0 saturated heterocycles. The standard InChI is InChI=1S/C11H14N2O2S.C10H11BrN2O2S.C10H12N2O2S/c1-7-12-8-9(16-7)13-10(14)15-11(8)5-3-2-4-6-11;11-8-12-6-7(16-8)13-9(14)15-10(6)4-2-1-3-5-10;13-9-12-8-7(11-6-15-8)10(14-9)4-2-1-3-5-10/h2-6H2,1H3,(H,13,14);1-5H2,(H,13,14);6H,1-5H2,(H,12,13). The predicted octanol–water partition coefficient (Wildman–Crippen LogP) is 9.66. The Morgan fingerprint density at radius 3 is 1.55 bits per heavy atom. The average Bonchev–Trinajstić information content (AvgIpc) is 3.77. The maximum absolute atomic E-state index is 11.6. The second-order valence-electron chi connectivity index (χ2n) is 12.8. The third-order valence-electron chi connectivity index (χ3n) is 9.69. The first-order valence-electron chi connectivity index (χ1n) is 16.3. The molecule has 3 amide bonds. The van der Waals surface area contributed by atoms with Crippen LogP contribution in [0, 0.1) is 6.92 Å². The van der Waals surface area contributed by atoms with Crippen LogP contribution in [0.25, 0.3) is 0 Å². The predicted molar refractivity (Wildman–Crippen MR) is 183 cm³/mol. The van der Waals surface area contributed by atoms with E-state index in [1.165, 1.54) is 53.3 Å². The molecule has 3 N–H and O–H groups in total. The van der Waals surface area contributed by atoms with Gasteiger partial charge in [-0.3, -0.25) is 16.0 Å². The maximum Gasteiger partial charge on any atom is 0.413 e. The van der Waals surface area contributed by atoms with Gasteiger partial charge in [0.15, 0.2) is 20.7 Å². The first kappa shape index (κ1) is 32.7. The summed E-state index contributed by atoms with van der Waals surface area (Å²) in [7, 11) is 0. The SMILES string of the molecule is Cc1nc2c(s1)NC(=O)OC21CCCCC1.O=C1Nc2sc(Br)nc2C2(CCCCC2)O1.O=C1Nc2scnc2C2(CCCCC2)O1. The molecule has 0 unspecified atom stereocenters. The van der Waals surface area contributed by atoms with Gasteiger partial charge in [0.1, 0.15) is 32.1 Å². The van der Waals surface area contributed by atoms with Crippen molar-refractivity contribution in [2.45, 2.75) is 120 Å². The second kappa shape index (κ2) is 13.2. The molecule has 3 saturated carbocycles. The number of hydrogen-bond acceptors (Lipinski definition) is 12. The number of fused-ring (bicyclic) bond motifs is 6. The molecule has 12 nitrogen and oxygen atoms in total. The Morgan fingerprint density at radius 1 is 0.617 bits per heavy atom. The van der Waals surface area contributed by atoms with Gasteiger partial charge in [0, 0.05) is 0 Å². The average molecular weight is 766 g/mol. The van der Waals surface area contributed by atoms with Crippen molar-refractivity contribution in [3.8, 4) is 0 Å². The largest absolute Gasteiger partial charge is 0.436 e. The van der Waals surface area contributed by atoms with Crippen LogP contribution in [0.4, 0.5) is 29.4 Å². The van der Waals surface area contributed by atoms with Crippen molar-refractivity contribution in [1.29, 1.82) is 0 Å². The first-order chi connectivity index (χ1) is 22.7. The smallest absolute Gasteiger partial charge is 0.413 e. The zero-order valence-electron chi connectivity index (χ0n) is 26.1. The normalized spacial score (nSPS) is 22.6. The van der Waals surface area contributed by atoms with Gasteiger partial charge >= 0.3 is 18.3 Å². The number of carbonyl (C=O) groups is 3. The Morgan fingerprint density at radius 2 is 1.04 bits per heavy atom. The Kier molecular flexibility index (Phi) is 9.21. The number of amides is 3. The highest BCUT2D eigenvalue weighted by atomic mass is 79.9. The lowest BCUT2D eigenvalue weighted by molar-refractivity contribution is -0.0213. The Labute approximate surface area is 292 Å². The molecular formula is C31H37BrN6O6S3. The van der Waals surface area contributed by atoms with Crippen LogP contribution in [-0.2, 0) is 31.0 Å². The van der Waals surface area contributed by atoms with Crippen LogP contribution < -0.4 is 16.0 Å². The lowest BCUT2D eigenvalue weighted by Gasteiger charge is -2.38. The minimum atomic E-state index is -0.460. The highest BCUT2D eigenvalue weighted by Gasteiger charge is 2.47. The first-order valence-corrected chi connectivity index (χ1v) is 19.6. The van der Waals surface area contributed by atoms with Gasteiger partial charge in [-0.15, -0.1) is 22.7 Å². The molecule has 0 atom stereocenters. The van der Waals surface area contributed by atoms with E-state index in [2.05, 4.69) is 46.8 Å². The fourth-order valence-electron chi connectivity index (χ4n) is 7.58. The Bertz CT molecular complexity index is 1570. The highest BCUT2D eigenvalue weighted by molar-refractivity contribution is 9.11. The molecule has 0 radical (unpaired) electrons. The summed E-state index contributed by atoms with van der Waals surface area (Å²) < 4.78 is 17.4. The molecule has 252 valence electrons. The lowest BCUT2D eigenvalue weighted by atomic mass is 9.82. The molecule has 6 heterocycles. The van der Waals surface area contributed by atoms with Gasteiger partial charge < -0.3 is 14.2 Å². The van der Waals surface area contributed by atoms with Gasteiger partial charge in [0.25, 0.3) is 0 Å². The summed E-state index contributed by atoms with van der Waals surface area (Å²) in [6.07, 6.45) is 14.8. The number of ether oxygens (including phenoxy) is 3. The number of halogens is 1. The summed E-state index contributed by atoms with van der Waals surface area (Å²) in [5.74, 6) is 0. The summed E-state index contributed by atoms with van der Waals surface area (Å²) in [4.78, 5) is 47.9. The highest BCUT2D eigenvalue weighted by Crippen LogP contribution is 2.50. The van der Waals surface area contributed by atoms with Crippen molar-refractivity contribution in [3.05, 3.63) is 31.5 Å². The van der Waals surface area contributed by atoms with Gasteiger partial charge in [0.05, 0.1) is 10.5 Å². The van der Waals surface area contributed by atoms with E-state index in [1.54, 1.807) is 5.51 Å². The molecular weight excluding hydrogens is 728 g/mol. The molecule has 9 rings (SSSR count). The van der Waals surface area contributed by atoms with Crippen LogP contribution >= 0.6 is 49.9 Å². The fraction of sp³-hybridized carbons (Fsp3) is 0.613. The van der Waals surface area contributed by atoms with Crippen molar-refractivity contribution < 1.29 is 28.6 Å². The molecule has 6 aliphatic rings. The molecule has 3 fully saturated rings. The van der Waals surface area contributed by atoms with Crippen molar-refractivity contribution in [1.82, 2.24) is 15.0 Å². The number of nitrogens with zero attached hydrogens (tertiary/aromatic N) is 3. The van der Waals surface area contributed by atoms with Crippen LogP contribution in [-0.4, -0.2) is 33.2 Å². The number of thiazole rings is 3. The quantitative estimate of drug-likeness (QED) is 0.190. The third-order valence-corrected chi connectivity index (χ3v) is 12.7. The van der Waals surface area contributed by atoms with Crippen molar-refractivity contribution >= 4 is 83.2 Å². The van der Waals surface area contributed by atoms with E-state index >= 15 is 0 Å². The summed E-state index contributed by atoms with van der Waals surface area (Å²) >= 11 is 7.83. The molecule has 0 bridgehead atoms. The molecule has 3 aromatic heterocycles. The lowest BCUT2D eigenvalue weighted by Crippen LogP contribution is -2.40. The molecule has 16 heteroatoms. The molecule has 3 spiro atoms. The molecule has 3 aliphatic heterocycles. The molecule has 47 heavy (non-hydrogen) atoms. The van der Waals surface area contributed by atoms with E-state index < -0.39 is 16.8 Å². The number of hydrogen-bond donors (Lipinski definition) is 3. The van der Waals surface area contributed by atoms with E-state index in [1.807, 2.05) is 6.92 Å². The third kappa shape index (κ3) is 6.49. The number of rotatable bonds is 0. The van der Waals surface area contributed by atoms with Crippen LogP contribution in [0.5, 0.6) is 0 Å². The van der Waals surface area contributed by atoms with Gasteiger partial charge in [-0.2, -0.15) is 0 Å². The van der Waals surface area contributed by atoms with E-state index in [-0.39, 0.29) is 18.3 Å². The van der Waals surface area contributed by atoms with Crippen molar-refractivity contribution in [2.75, 3.05) is 16.0 Å². The Balaban J connectivity index is 0.000000112. The summed E-state index contributed by atoms with van der Waals surface area (Å²) in [6, 6.07) is 0. The van der Waals surface area contributed by atoms with Crippen LogP contribution in [0.2, 0.25) is 0 Å². The van der Waals surface area contributed by atoms with Crippen molar-refractivity contribution in [3.63, 3.8) is 0 Å². The monoisotopic (exact) mass is 764 g/mol. The maximum atomic E-state index is 11.6. The van der Waals surface area contributed by atoms with Gasteiger partial charge in [0.2, 0.25) is 0 Å². The van der Waals surface area contributed by atoms with Crippen molar-refractivity contribution in [2.24, 2.45) is 0 Å². The van der Waals surface area contributed by atoms with Gasteiger partial charge in [-0.05, 0) is 99.9 Å². The zero-order valence-corrected chi connectivity index (χ0v) is 30.1. The minimum Gasteiger partial charge on any atom is -0.436 e. The van der Waals surface area contributed by atoms with Gasteiger partial charge in [-0.25, -0.2) is 29.3 Å².